The fraction of sp³-hybridized carbons (Fsp3) is 0.217. The number of amides is 1. The summed E-state index contributed by atoms with van der Waals surface area (Å²) in [5.74, 6) is -1.73. The van der Waals surface area contributed by atoms with Crippen molar-refractivity contribution in [1.82, 2.24) is 10.3 Å². The summed E-state index contributed by atoms with van der Waals surface area (Å²) < 4.78 is 0. The fourth-order valence-corrected chi connectivity index (χ4v) is 4.41. The van der Waals surface area contributed by atoms with Crippen molar-refractivity contribution in [3.8, 4) is 0 Å². The maximum atomic E-state index is 12.5. The van der Waals surface area contributed by atoms with Crippen LogP contribution in [0.3, 0.4) is 0 Å². The quantitative estimate of drug-likeness (QED) is 0.601. The lowest BCUT2D eigenvalue weighted by molar-refractivity contribution is -0.308. The Bertz CT molecular complexity index is 1130. The molecular weight excluding hydrogens is 453 g/mol. The first kappa shape index (κ1) is 22.0. The van der Waals surface area contributed by atoms with Crippen LogP contribution in [0.25, 0.3) is 0 Å². The zero-order valence-corrected chi connectivity index (χ0v) is 18.2. The van der Waals surface area contributed by atoms with Gasteiger partial charge in [-0.1, -0.05) is 47.5 Å². The van der Waals surface area contributed by atoms with Crippen LogP contribution < -0.4 is 15.7 Å². The number of benzene rings is 1. The summed E-state index contributed by atoms with van der Waals surface area (Å²) in [6, 6.07) is 5.71. The summed E-state index contributed by atoms with van der Waals surface area (Å²) in [4.78, 5) is 40.1. The van der Waals surface area contributed by atoms with Gasteiger partial charge in [-0.2, -0.15) is 0 Å². The number of allylic oxidation sites excluding steroid dienone is 4. The standard InChI is InChI=1S/C23H19Cl2N3O4/c24-15-11-26-12-16(25)20(15)21(30)27-14-5-3-13(4-6-14)9-17(22(31)32)28-18-10-19(29)23(18)7-1-2-8-23/h1-6,10-12,17,28H,7-9H2,(H,27,30)(H,31,32)/p-1/t17-/m0/s1. The highest BCUT2D eigenvalue weighted by Gasteiger charge is 2.48. The summed E-state index contributed by atoms with van der Waals surface area (Å²) in [6.45, 7) is 0. The molecule has 2 N–H and O–H groups in total. The van der Waals surface area contributed by atoms with Gasteiger partial charge in [-0.3, -0.25) is 14.6 Å². The smallest absolute Gasteiger partial charge is 0.258 e. The van der Waals surface area contributed by atoms with E-state index in [0.29, 0.717) is 24.2 Å². The zero-order valence-electron chi connectivity index (χ0n) is 16.7. The number of rotatable bonds is 7. The van der Waals surface area contributed by atoms with Crippen molar-refractivity contribution in [3.63, 3.8) is 0 Å². The molecule has 0 radical (unpaired) electrons. The van der Waals surface area contributed by atoms with Crippen LogP contribution in [0, 0.1) is 5.41 Å². The normalized spacial score (nSPS) is 16.9. The lowest BCUT2D eigenvalue weighted by Crippen LogP contribution is -2.53. The van der Waals surface area contributed by atoms with Crippen LogP contribution in [0.5, 0.6) is 0 Å². The number of carbonyl (C=O) groups is 3. The van der Waals surface area contributed by atoms with Crippen molar-refractivity contribution in [2.75, 3.05) is 5.32 Å². The van der Waals surface area contributed by atoms with E-state index in [-0.39, 0.29) is 27.8 Å². The topological polar surface area (TPSA) is 111 Å². The van der Waals surface area contributed by atoms with E-state index in [2.05, 4.69) is 15.6 Å². The molecule has 0 aliphatic heterocycles. The predicted molar refractivity (Wildman–Crippen MR) is 118 cm³/mol. The van der Waals surface area contributed by atoms with Gasteiger partial charge in [0, 0.05) is 29.9 Å². The molecule has 0 unspecified atom stereocenters. The third-order valence-corrected chi connectivity index (χ3v) is 6.28. The Morgan fingerprint density at radius 1 is 1.09 bits per heavy atom. The Labute approximate surface area is 194 Å². The van der Waals surface area contributed by atoms with E-state index in [9.17, 15) is 19.5 Å². The second kappa shape index (κ2) is 8.76. The molecular formula is C23H18Cl2N3O4-. The first-order chi connectivity index (χ1) is 15.3. The van der Waals surface area contributed by atoms with Gasteiger partial charge >= 0.3 is 0 Å². The Morgan fingerprint density at radius 3 is 2.28 bits per heavy atom. The molecule has 0 saturated heterocycles. The summed E-state index contributed by atoms with van der Waals surface area (Å²) in [6.07, 6.45) is 9.27. The molecule has 1 spiro atoms. The molecule has 1 aromatic carbocycles. The van der Waals surface area contributed by atoms with Crippen molar-refractivity contribution >= 4 is 46.5 Å². The van der Waals surface area contributed by atoms with Crippen LogP contribution in [0.4, 0.5) is 5.69 Å². The van der Waals surface area contributed by atoms with Crippen molar-refractivity contribution < 1.29 is 19.5 Å². The number of hydrogen-bond acceptors (Lipinski definition) is 6. The van der Waals surface area contributed by atoms with Crippen molar-refractivity contribution in [1.29, 1.82) is 0 Å². The second-order valence-corrected chi connectivity index (χ2v) is 8.55. The van der Waals surface area contributed by atoms with Gasteiger partial charge in [0.2, 0.25) is 0 Å². The second-order valence-electron chi connectivity index (χ2n) is 7.73. The van der Waals surface area contributed by atoms with Gasteiger partial charge < -0.3 is 20.5 Å². The lowest BCUT2D eigenvalue weighted by atomic mass is 9.69. The maximum Gasteiger partial charge on any atom is 0.258 e. The number of nitrogens with one attached hydrogen (secondary N) is 2. The SMILES string of the molecule is O=C(Nc1ccc(C[C@H](NC2=CC(=O)C23CC=CC3)C(=O)[O-])cc1)c1c(Cl)cncc1Cl. The van der Waals surface area contributed by atoms with Crippen molar-refractivity contribution in [3.05, 3.63) is 81.8 Å². The molecule has 0 bridgehead atoms. The monoisotopic (exact) mass is 470 g/mol. The average molecular weight is 471 g/mol. The molecule has 0 fully saturated rings. The zero-order chi connectivity index (χ0) is 22.9. The van der Waals surface area contributed by atoms with Gasteiger partial charge in [0.15, 0.2) is 5.78 Å². The number of carboxylic acids is 1. The molecule has 2 aromatic rings. The van der Waals surface area contributed by atoms with Gasteiger partial charge in [-0.05, 0) is 37.0 Å². The lowest BCUT2D eigenvalue weighted by Gasteiger charge is -2.39. The van der Waals surface area contributed by atoms with E-state index in [1.165, 1.54) is 18.5 Å². The van der Waals surface area contributed by atoms with E-state index < -0.39 is 23.3 Å². The third-order valence-electron chi connectivity index (χ3n) is 5.71. The van der Waals surface area contributed by atoms with Crippen LogP contribution in [0.2, 0.25) is 10.0 Å². The number of halogens is 2. The minimum absolute atomic E-state index is 0.0107. The van der Waals surface area contributed by atoms with Gasteiger partial charge in [0.05, 0.1) is 33.0 Å². The highest BCUT2D eigenvalue weighted by molar-refractivity contribution is 6.40. The number of nitrogens with zero attached hydrogens (tertiary/aromatic N) is 1. The maximum absolute atomic E-state index is 12.5. The minimum Gasteiger partial charge on any atom is -0.548 e. The Hall–Kier alpha value is -3.16. The van der Waals surface area contributed by atoms with Crippen molar-refractivity contribution in [2.24, 2.45) is 5.41 Å². The van der Waals surface area contributed by atoms with E-state index in [4.69, 9.17) is 23.2 Å². The summed E-state index contributed by atoms with van der Waals surface area (Å²) in [7, 11) is 0. The van der Waals surface area contributed by atoms with Crippen LogP contribution in [0.1, 0.15) is 28.8 Å². The molecule has 2 aliphatic carbocycles. The van der Waals surface area contributed by atoms with E-state index in [0.717, 1.165) is 5.56 Å². The average Bonchev–Trinajstić information content (AvgIpc) is 3.27. The molecule has 2 aliphatic rings. The fourth-order valence-electron chi connectivity index (χ4n) is 3.88. The number of pyridine rings is 1. The van der Waals surface area contributed by atoms with Crippen LogP contribution in [-0.2, 0) is 16.0 Å². The van der Waals surface area contributed by atoms with Crippen LogP contribution in [-0.4, -0.2) is 28.7 Å². The number of hydrogen-bond donors (Lipinski definition) is 2. The number of carbonyl (C=O) groups excluding carboxylic acids is 3. The molecule has 9 heteroatoms. The van der Waals surface area contributed by atoms with E-state index in [1.54, 1.807) is 24.3 Å². The molecule has 0 saturated carbocycles. The number of anilines is 1. The molecule has 1 amide bonds. The summed E-state index contributed by atoms with van der Waals surface area (Å²) >= 11 is 12.0. The first-order valence-corrected chi connectivity index (χ1v) is 10.6. The first-order valence-electron chi connectivity index (χ1n) is 9.88. The van der Waals surface area contributed by atoms with Crippen molar-refractivity contribution in [2.45, 2.75) is 25.3 Å². The number of ketones is 1. The van der Waals surface area contributed by atoms with E-state index in [1.807, 2.05) is 12.2 Å². The Morgan fingerprint density at radius 2 is 1.72 bits per heavy atom. The number of aliphatic carboxylic acids is 1. The van der Waals surface area contributed by atoms with Gasteiger partial charge in [0.1, 0.15) is 0 Å². The van der Waals surface area contributed by atoms with Gasteiger partial charge in [0.25, 0.3) is 5.91 Å². The minimum atomic E-state index is -1.26. The largest absolute Gasteiger partial charge is 0.548 e. The summed E-state index contributed by atoms with van der Waals surface area (Å²) in [5.41, 5.74) is 1.32. The molecule has 7 nitrogen and oxygen atoms in total. The Balaban J connectivity index is 1.42. The van der Waals surface area contributed by atoms with Gasteiger partial charge in [-0.25, -0.2) is 0 Å². The molecule has 1 atom stereocenters. The Kier molecular flexibility index (Phi) is 6.04. The molecule has 164 valence electrons. The number of aromatic nitrogens is 1. The molecule has 32 heavy (non-hydrogen) atoms. The molecule has 1 aromatic heterocycles. The highest BCUT2D eigenvalue weighted by Crippen LogP contribution is 2.46. The third kappa shape index (κ3) is 4.13. The highest BCUT2D eigenvalue weighted by atomic mass is 35.5. The molecule has 4 rings (SSSR count). The van der Waals surface area contributed by atoms with Crippen LogP contribution >= 0.6 is 23.2 Å². The number of carboxylic acid groups (broad SMARTS) is 1. The van der Waals surface area contributed by atoms with Crippen LogP contribution in [0.15, 0.2) is 60.6 Å². The van der Waals surface area contributed by atoms with E-state index >= 15 is 0 Å². The molecule has 1 heterocycles. The van der Waals surface area contributed by atoms with Gasteiger partial charge in [-0.15, -0.1) is 0 Å². The summed E-state index contributed by atoms with van der Waals surface area (Å²) in [5, 5.41) is 17.7. The predicted octanol–water partition coefficient (Wildman–Crippen LogP) is 2.69.